The molecule has 0 radical (unpaired) electrons. The van der Waals surface area contributed by atoms with Gasteiger partial charge in [-0.25, -0.2) is 4.98 Å². The molecule has 2 aliphatic heterocycles. The lowest BCUT2D eigenvalue weighted by Gasteiger charge is -2.40. The fraction of sp³-hybridized carbons (Fsp3) is 0.478. The maximum absolute atomic E-state index is 12.5. The summed E-state index contributed by atoms with van der Waals surface area (Å²) in [5.41, 5.74) is 2.51. The number of ether oxygens (including phenoxy) is 1. The lowest BCUT2D eigenvalue weighted by molar-refractivity contribution is -0.137. The Labute approximate surface area is 201 Å². The Morgan fingerprint density at radius 1 is 1.21 bits per heavy atom. The maximum atomic E-state index is 12.5. The molecule has 2 aromatic rings. The minimum atomic E-state index is -0.282. The Morgan fingerprint density at radius 3 is 2.52 bits per heavy atom. The third-order valence-corrected chi connectivity index (χ3v) is 5.92. The number of nitrogens with one attached hydrogen (secondary N) is 2. The number of aryl methyl sites for hydroxylation is 2. The Bertz CT molecular complexity index is 1020. The molecule has 1 atom stereocenters. The largest absolute Gasteiger partial charge is 0.484 e. The molecule has 9 nitrogen and oxygen atoms in total. The van der Waals surface area contributed by atoms with E-state index in [2.05, 4.69) is 20.6 Å². The molecule has 0 saturated carbocycles. The third kappa shape index (κ3) is 5.16. The summed E-state index contributed by atoms with van der Waals surface area (Å²) in [4.78, 5) is 37.7. The van der Waals surface area contributed by atoms with Gasteiger partial charge in [0, 0.05) is 20.1 Å². The van der Waals surface area contributed by atoms with Crippen LogP contribution in [0.5, 0.6) is 5.75 Å². The van der Waals surface area contributed by atoms with Crippen molar-refractivity contribution in [3.05, 3.63) is 35.5 Å². The van der Waals surface area contributed by atoms with Crippen LogP contribution in [0.2, 0.25) is 0 Å². The number of benzene rings is 1. The van der Waals surface area contributed by atoms with Gasteiger partial charge in [0.25, 0.3) is 5.91 Å². The first-order valence-corrected chi connectivity index (χ1v) is 10.9. The minimum Gasteiger partial charge on any atom is -0.484 e. The van der Waals surface area contributed by atoms with E-state index in [-0.39, 0.29) is 49.9 Å². The van der Waals surface area contributed by atoms with Gasteiger partial charge in [0.1, 0.15) is 17.5 Å². The zero-order valence-corrected chi connectivity index (χ0v) is 20.7. The highest BCUT2D eigenvalue weighted by atomic mass is 32.1. The van der Waals surface area contributed by atoms with Crippen molar-refractivity contribution in [2.75, 3.05) is 42.3 Å². The standard InChI is InChI=1S/C23H30N6O3.H2S/c1-13(2)20-22(31)26-19-15(4)24-23(27-21(19)28(20)5)25-16-10-29(11-16)18(30)12-32-17-8-6-14(3)7-9-17;/h6-9,13,16,20H,10-12H2,1-5H3,(H,26,31)(H,24,25,27);1H2/t20-;/m0./s1. The van der Waals surface area contributed by atoms with Gasteiger partial charge in [0.15, 0.2) is 12.4 Å². The fourth-order valence-electron chi connectivity index (χ4n) is 4.11. The van der Waals surface area contributed by atoms with E-state index < -0.39 is 0 Å². The van der Waals surface area contributed by atoms with Gasteiger partial charge in [-0.1, -0.05) is 31.5 Å². The first kappa shape index (κ1) is 24.6. The summed E-state index contributed by atoms with van der Waals surface area (Å²) < 4.78 is 5.58. The van der Waals surface area contributed by atoms with Crippen molar-refractivity contribution in [3.8, 4) is 5.75 Å². The fourth-order valence-corrected chi connectivity index (χ4v) is 4.11. The molecule has 1 aromatic carbocycles. The third-order valence-electron chi connectivity index (χ3n) is 5.92. The average Bonchev–Trinajstić information content (AvgIpc) is 2.70. The summed E-state index contributed by atoms with van der Waals surface area (Å²) >= 11 is 0. The number of hydrogen-bond acceptors (Lipinski definition) is 7. The first-order chi connectivity index (χ1) is 15.2. The number of nitrogens with zero attached hydrogens (tertiary/aromatic N) is 4. The van der Waals surface area contributed by atoms with Crippen molar-refractivity contribution in [1.82, 2.24) is 14.9 Å². The predicted molar refractivity (Wildman–Crippen MR) is 133 cm³/mol. The predicted octanol–water partition coefficient (Wildman–Crippen LogP) is 2.32. The highest BCUT2D eigenvalue weighted by Gasteiger charge is 2.36. The second-order valence-corrected chi connectivity index (χ2v) is 8.86. The number of likely N-dealkylation sites (tertiary alicyclic amines) is 1. The molecule has 0 unspecified atom stereocenters. The number of carbonyl (C=O) groups excluding carboxylic acids is 2. The topological polar surface area (TPSA) is 99.7 Å². The summed E-state index contributed by atoms with van der Waals surface area (Å²) in [7, 11) is 1.89. The highest BCUT2D eigenvalue weighted by molar-refractivity contribution is 7.59. The Balaban J connectivity index is 0.00000306. The summed E-state index contributed by atoms with van der Waals surface area (Å²) in [6, 6.07) is 7.42. The van der Waals surface area contributed by atoms with Crippen LogP contribution in [-0.2, 0) is 9.59 Å². The minimum absolute atomic E-state index is 0. The normalized spacial score (nSPS) is 17.6. The van der Waals surface area contributed by atoms with Gasteiger partial charge in [-0.2, -0.15) is 18.5 Å². The van der Waals surface area contributed by atoms with Crippen molar-refractivity contribution in [3.63, 3.8) is 0 Å². The van der Waals surface area contributed by atoms with Crippen molar-refractivity contribution in [2.45, 2.75) is 39.8 Å². The van der Waals surface area contributed by atoms with E-state index >= 15 is 0 Å². The molecule has 10 heteroatoms. The second kappa shape index (κ2) is 9.86. The summed E-state index contributed by atoms with van der Waals surface area (Å²) in [5, 5.41) is 6.26. The average molecular weight is 473 g/mol. The molecule has 0 aliphatic carbocycles. The van der Waals surface area contributed by atoms with E-state index in [1.807, 2.05) is 63.9 Å². The molecule has 4 rings (SSSR count). The number of amides is 2. The van der Waals surface area contributed by atoms with E-state index in [0.29, 0.717) is 42.0 Å². The van der Waals surface area contributed by atoms with Gasteiger partial charge in [-0.3, -0.25) is 9.59 Å². The van der Waals surface area contributed by atoms with Crippen LogP contribution in [0, 0.1) is 19.8 Å². The van der Waals surface area contributed by atoms with Crippen LogP contribution in [0.4, 0.5) is 17.5 Å². The Hall–Kier alpha value is -3.01. The number of hydrogen-bond donors (Lipinski definition) is 2. The van der Waals surface area contributed by atoms with Crippen LogP contribution < -0.4 is 20.3 Å². The van der Waals surface area contributed by atoms with E-state index in [9.17, 15) is 9.59 Å². The molecule has 1 saturated heterocycles. The van der Waals surface area contributed by atoms with Crippen LogP contribution in [0.3, 0.4) is 0 Å². The Morgan fingerprint density at radius 2 is 1.88 bits per heavy atom. The van der Waals surface area contributed by atoms with Gasteiger partial charge in [-0.15, -0.1) is 0 Å². The summed E-state index contributed by atoms with van der Waals surface area (Å²) in [6.45, 7) is 9.04. The molecule has 0 bridgehead atoms. The molecule has 2 aliphatic rings. The van der Waals surface area contributed by atoms with Crippen LogP contribution in [0.15, 0.2) is 24.3 Å². The van der Waals surface area contributed by atoms with Crippen LogP contribution in [0.1, 0.15) is 25.1 Å². The smallest absolute Gasteiger partial charge is 0.260 e. The molecule has 2 N–H and O–H groups in total. The molecular weight excluding hydrogens is 440 g/mol. The molecule has 178 valence electrons. The number of aromatic nitrogens is 2. The van der Waals surface area contributed by atoms with E-state index in [1.54, 1.807) is 4.90 Å². The zero-order chi connectivity index (χ0) is 23.0. The quantitative estimate of drug-likeness (QED) is 0.666. The van der Waals surface area contributed by atoms with E-state index in [1.165, 1.54) is 0 Å². The van der Waals surface area contributed by atoms with Gasteiger partial charge in [-0.05, 0) is 31.9 Å². The lowest BCUT2D eigenvalue weighted by Crippen LogP contribution is -2.58. The van der Waals surface area contributed by atoms with Crippen LogP contribution >= 0.6 is 13.5 Å². The van der Waals surface area contributed by atoms with Gasteiger partial charge in [0.05, 0.1) is 11.7 Å². The molecule has 1 aromatic heterocycles. The molecule has 3 heterocycles. The number of fused-ring (bicyclic) bond motifs is 1. The van der Waals surface area contributed by atoms with Crippen molar-refractivity contribution < 1.29 is 14.3 Å². The van der Waals surface area contributed by atoms with Gasteiger partial charge in [0.2, 0.25) is 11.9 Å². The van der Waals surface area contributed by atoms with Crippen molar-refractivity contribution >= 4 is 42.8 Å². The molecule has 33 heavy (non-hydrogen) atoms. The Kier molecular flexibility index (Phi) is 7.36. The first-order valence-electron chi connectivity index (χ1n) is 10.9. The van der Waals surface area contributed by atoms with Gasteiger partial charge >= 0.3 is 0 Å². The molecule has 2 amide bonds. The molecule has 0 spiro atoms. The number of rotatable bonds is 6. The van der Waals surface area contributed by atoms with Gasteiger partial charge < -0.3 is 25.2 Å². The zero-order valence-electron chi connectivity index (χ0n) is 19.7. The SMILES string of the molecule is Cc1ccc(OCC(=O)N2CC(Nc3nc(C)c4c(n3)N(C)[C@@H](C(C)C)C(=O)N4)C2)cc1.S. The van der Waals surface area contributed by atoms with Crippen molar-refractivity contribution in [1.29, 1.82) is 0 Å². The van der Waals surface area contributed by atoms with Crippen LogP contribution in [0.25, 0.3) is 0 Å². The van der Waals surface area contributed by atoms with Crippen LogP contribution in [-0.4, -0.2) is 65.5 Å². The summed E-state index contributed by atoms with van der Waals surface area (Å²) in [5.74, 6) is 1.95. The molecular formula is C23H32N6O3S. The number of likely N-dealkylation sites (N-methyl/N-ethyl adjacent to an activating group) is 1. The number of carbonyl (C=O) groups is 2. The number of anilines is 3. The second-order valence-electron chi connectivity index (χ2n) is 8.86. The molecule has 1 fully saturated rings. The lowest BCUT2D eigenvalue weighted by atomic mass is 9.99. The highest BCUT2D eigenvalue weighted by Crippen LogP contribution is 2.34. The van der Waals surface area contributed by atoms with Crippen molar-refractivity contribution in [2.24, 2.45) is 5.92 Å². The van der Waals surface area contributed by atoms with E-state index in [0.717, 1.165) is 5.56 Å². The van der Waals surface area contributed by atoms with E-state index in [4.69, 9.17) is 4.74 Å². The summed E-state index contributed by atoms with van der Waals surface area (Å²) in [6.07, 6.45) is 0. The monoisotopic (exact) mass is 472 g/mol. The maximum Gasteiger partial charge on any atom is 0.260 e.